The van der Waals surface area contributed by atoms with Gasteiger partial charge in [-0.05, 0) is 17.7 Å². The number of rotatable bonds is 2. The largest absolute Gasteiger partial charge is 0.343 e. The summed E-state index contributed by atoms with van der Waals surface area (Å²) in [6.45, 7) is 0. The van der Waals surface area contributed by atoms with E-state index in [1.54, 1.807) is 26.4 Å². The van der Waals surface area contributed by atoms with Crippen molar-refractivity contribution in [3.05, 3.63) is 34.5 Å². The summed E-state index contributed by atoms with van der Waals surface area (Å²) in [6.07, 6.45) is 2.96. The van der Waals surface area contributed by atoms with Crippen LogP contribution in [0, 0.1) is 0 Å². The van der Waals surface area contributed by atoms with Gasteiger partial charge in [-0.2, -0.15) is 10.1 Å². The lowest BCUT2D eigenvalue weighted by Crippen LogP contribution is -2.22. The SMILES string of the molecule is CN(C)C(=O)c1ccn(-c2nc(Cl)ncc2Cl)n1. The molecule has 2 aromatic heterocycles. The number of hydrogen-bond acceptors (Lipinski definition) is 4. The van der Waals surface area contributed by atoms with Crippen molar-refractivity contribution in [1.82, 2.24) is 24.6 Å². The summed E-state index contributed by atoms with van der Waals surface area (Å²) in [7, 11) is 3.30. The Hall–Kier alpha value is -1.66. The molecule has 2 aromatic rings. The van der Waals surface area contributed by atoms with Crippen molar-refractivity contribution in [2.45, 2.75) is 0 Å². The quantitative estimate of drug-likeness (QED) is 0.788. The third-order valence-electron chi connectivity index (χ3n) is 2.13. The predicted octanol–water partition coefficient (Wildman–Crippen LogP) is 1.67. The highest BCUT2D eigenvalue weighted by molar-refractivity contribution is 6.32. The zero-order valence-electron chi connectivity index (χ0n) is 9.63. The molecule has 0 aliphatic heterocycles. The van der Waals surface area contributed by atoms with E-state index in [0.717, 1.165) is 0 Å². The van der Waals surface area contributed by atoms with E-state index < -0.39 is 0 Å². The van der Waals surface area contributed by atoms with E-state index in [1.165, 1.54) is 15.8 Å². The average molecular weight is 286 g/mol. The first-order valence-corrected chi connectivity index (χ1v) is 5.70. The predicted molar refractivity (Wildman–Crippen MR) is 67.2 cm³/mol. The molecular weight excluding hydrogens is 277 g/mol. The molecule has 94 valence electrons. The second-order valence-corrected chi connectivity index (χ2v) is 4.40. The van der Waals surface area contributed by atoms with Gasteiger partial charge in [-0.25, -0.2) is 9.67 Å². The Morgan fingerprint density at radius 2 is 2.11 bits per heavy atom. The van der Waals surface area contributed by atoms with Crippen molar-refractivity contribution in [2.24, 2.45) is 0 Å². The van der Waals surface area contributed by atoms with Crippen LogP contribution in [0.2, 0.25) is 10.3 Å². The summed E-state index contributed by atoms with van der Waals surface area (Å²) in [5.41, 5.74) is 0.297. The smallest absolute Gasteiger partial charge is 0.273 e. The fourth-order valence-corrected chi connectivity index (χ4v) is 1.59. The van der Waals surface area contributed by atoms with Gasteiger partial charge >= 0.3 is 0 Å². The van der Waals surface area contributed by atoms with E-state index in [2.05, 4.69) is 15.1 Å². The molecule has 0 aliphatic rings. The first kappa shape index (κ1) is 12.8. The third-order valence-corrected chi connectivity index (χ3v) is 2.58. The molecule has 0 radical (unpaired) electrons. The molecule has 0 saturated heterocycles. The lowest BCUT2D eigenvalue weighted by Gasteiger charge is -2.07. The zero-order chi connectivity index (χ0) is 13.3. The maximum absolute atomic E-state index is 11.7. The van der Waals surface area contributed by atoms with E-state index in [9.17, 15) is 4.79 Å². The molecule has 0 saturated carbocycles. The molecule has 0 bridgehead atoms. The Kier molecular flexibility index (Phi) is 3.49. The highest BCUT2D eigenvalue weighted by atomic mass is 35.5. The Labute approximate surface area is 113 Å². The summed E-state index contributed by atoms with van der Waals surface area (Å²) >= 11 is 11.6. The number of amides is 1. The Bertz CT molecular complexity index is 596. The van der Waals surface area contributed by atoms with Crippen molar-refractivity contribution in [3.8, 4) is 5.82 Å². The van der Waals surface area contributed by atoms with Gasteiger partial charge in [0.25, 0.3) is 5.91 Å². The summed E-state index contributed by atoms with van der Waals surface area (Å²) in [5, 5.41) is 4.45. The Balaban J connectivity index is 2.41. The molecule has 18 heavy (non-hydrogen) atoms. The molecule has 0 N–H and O–H groups in total. The van der Waals surface area contributed by atoms with Gasteiger partial charge < -0.3 is 4.90 Å². The standard InChI is InChI=1S/C10H9Cl2N5O/c1-16(2)9(18)7-3-4-17(15-7)8-6(11)5-13-10(12)14-8/h3-5H,1-2H3. The summed E-state index contributed by atoms with van der Waals surface area (Å²) in [6, 6.07) is 1.58. The number of carbonyl (C=O) groups excluding carboxylic acids is 1. The summed E-state index contributed by atoms with van der Waals surface area (Å²) in [5.74, 6) is 0.125. The highest BCUT2D eigenvalue weighted by Crippen LogP contribution is 2.18. The summed E-state index contributed by atoms with van der Waals surface area (Å²) in [4.78, 5) is 20.8. The van der Waals surface area contributed by atoms with E-state index in [1.807, 2.05) is 0 Å². The second-order valence-electron chi connectivity index (χ2n) is 3.66. The number of aromatic nitrogens is 4. The molecule has 0 unspecified atom stereocenters. The first-order chi connectivity index (χ1) is 8.49. The molecule has 0 aromatic carbocycles. The van der Waals surface area contributed by atoms with Crippen LogP contribution in [0.4, 0.5) is 0 Å². The minimum absolute atomic E-state index is 0.0605. The first-order valence-electron chi connectivity index (χ1n) is 4.95. The lowest BCUT2D eigenvalue weighted by atomic mass is 10.4. The van der Waals surface area contributed by atoms with Crippen LogP contribution in [0.3, 0.4) is 0 Å². The van der Waals surface area contributed by atoms with Gasteiger partial charge in [-0.1, -0.05) is 11.6 Å². The minimum Gasteiger partial charge on any atom is -0.343 e. The van der Waals surface area contributed by atoms with E-state index in [4.69, 9.17) is 23.2 Å². The number of carbonyl (C=O) groups is 1. The van der Waals surface area contributed by atoms with Crippen LogP contribution in [0.1, 0.15) is 10.5 Å². The molecule has 1 amide bonds. The Morgan fingerprint density at radius 3 is 2.78 bits per heavy atom. The molecule has 0 atom stereocenters. The van der Waals surface area contributed by atoms with E-state index >= 15 is 0 Å². The van der Waals surface area contributed by atoms with Crippen molar-refractivity contribution < 1.29 is 4.79 Å². The average Bonchev–Trinajstić information content (AvgIpc) is 2.80. The normalized spacial score (nSPS) is 10.4. The lowest BCUT2D eigenvalue weighted by molar-refractivity contribution is 0.0821. The third kappa shape index (κ3) is 2.44. The van der Waals surface area contributed by atoms with Crippen LogP contribution in [0.25, 0.3) is 5.82 Å². The monoisotopic (exact) mass is 285 g/mol. The van der Waals surface area contributed by atoms with Crippen LogP contribution >= 0.6 is 23.2 Å². The van der Waals surface area contributed by atoms with Crippen LogP contribution in [0.15, 0.2) is 18.5 Å². The fourth-order valence-electron chi connectivity index (χ4n) is 1.28. The summed E-state index contributed by atoms with van der Waals surface area (Å²) < 4.78 is 1.38. The molecule has 0 fully saturated rings. The van der Waals surface area contributed by atoms with Crippen LogP contribution < -0.4 is 0 Å². The van der Waals surface area contributed by atoms with Gasteiger partial charge in [-0.15, -0.1) is 0 Å². The zero-order valence-corrected chi connectivity index (χ0v) is 11.1. The van der Waals surface area contributed by atoms with Gasteiger partial charge in [-0.3, -0.25) is 4.79 Å². The van der Waals surface area contributed by atoms with E-state index in [-0.39, 0.29) is 11.2 Å². The maximum Gasteiger partial charge on any atom is 0.273 e. The molecule has 0 aliphatic carbocycles. The molecule has 8 heteroatoms. The van der Waals surface area contributed by atoms with Gasteiger partial charge in [0.1, 0.15) is 5.02 Å². The molecule has 6 nitrogen and oxygen atoms in total. The van der Waals surface area contributed by atoms with Crippen molar-refractivity contribution in [2.75, 3.05) is 14.1 Å². The minimum atomic E-state index is -0.204. The highest BCUT2D eigenvalue weighted by Gasteiger charge is 2.14. The van der Waals surface area contributed by atoms with Crippen molar-refractivity contribution >= 4 is 29.1 Å². The van der Waals surface area contributed by atoms with Gasteiger partial charge in [0.15, 0.2) is 11.5 Å². The fraction of sp³-hybridized carbons (Fsp3) is 0.200. The number of hydrogen-bond donors (Lipinski definition) is 0. The van der Waals surface area contributed by atoms with Gasteiger partial charge in [0, 0.05) is 20.3 Å². The second kappa shape index (κ2) is 4.91. The number of halogens is 2. The van der Waals surface area contributed by atoms with Crippen molar-refractivity contribution in [1.29, 1.82) is 0 Å². The van der Waals surface area contributed by atoms with Gasteiger partial charge in [0.05, 0.1) is 6.20 Å². The Morgan fingerprint density at radius 1 is 1.39 bits per heavy atom. The topological polar surface area (TPSA) is 63.9 Å². The molecule has 0 spiro atoms. The molecule has 2 heterocycles. The van der Waals surface area contributed by atoms with Gasteiger partial charge in [0.2, 0.25) is 5.28 Å². The van der Waals surface area contributed by atoms with Crippen LogP contribution in [0.5, 0.6) is 0 Å². The van der Waals surface area contributed by atoms with Crippen molar-refractivity contribution in [3.63, 3.8) is 0 Å². The molecular formula is C10H9Cl2N5O. The van der Waals surface area contributed by atoms with Crippen LogP contribution in [-0.2, 0) is 0 Å². The van der Waals surface area contributed by atoms with E-state index in [0.29, 0.717) is 16.5 Å². The number of nitrogens with zero attached hydrogens (tertiary/aromatic N) is 5. The van der Waals surface area contributed by atoms with Crippen LogP contribution in [-0.4, -0.2) is 44.7 Å². The maximum atomic E-state index is 11.7. The molecule has 2 rings (SSSR count).